The van der Waals surface area contributed by atoms with Gasteiger partial charge >= 0.3 is 0 Å². The van der Waals surface area contributed by atoms with E-state index in [9.17, 15) is 0 Å². The van der Waals surface area contributed by atoms with Crippen LogP contribution in [0.4, 0.5) is 0 Å². The van der Waals surface area contributed by atoms with Crippen molar-refractivity contribution in [2.75, 3.05) is 27.4 Å². The standard InChI is InChI=1S/C18H22BrN3O3.HI/c1-23-16-8-3-13(11-17(16)24-2)12-22-18(20)21-9-10-25-15-6-4-14(19)5-7-15;/h3-8,11H,9-10,12H2,1-2H3,(H3,20,21,22);1H. The molecule has 0 bridgehead atoms. The van der Waals surface area contributed by atoms with Gasteiger partial charge in [0, 0.05) is 4.47 Å². The summed E-state index contributed by atoms with van der Waals surface area (Å²) >= 11 is 3.38. The maximum absolute atomic E-state index is 5.87. The van der Waals surface area contributed by atoms with E-state index in [-0.39, 0.29) is 24.0 Å². The summed E-state index contributed by atoms with van der Waals surface area (Å²) in [5.41, 5.74) is 6.85. The number of guanidine groups is 1. The largest absolute Gasteiger partial charge is 0.493 e. The molecule has 2 aromatic rings. The van der Waals surface area contributed by atoms with Gasteiger partial charge in [0.1, 0.15) is 12.4 Å². The number of hydrogen-bond acceptors (Lipinski definition) is 4. The zero-order chi connectivity index (χ0) is 18.1. The molecule has 2 rings (SSSR count). The number of hydrogen-bond donors (Lipinski definition) is 2. The fraction of sp³-hybridized carbons (Fsp3) is 0.278. The molecule has 0 atom stereocenters. The highest BCUT2D eigenvalue weighted by atomic mass is 127. The van der Waals surface area contributed by atoms with Gasteiger partial charge in [-0.05, 0) is 42.0 Å². The van der Waals surface area contributed by atoms with Crippen LogP contribution in [-0.2, 0) is 6.54 Å². The van der Waals surface area contributed by atoms with Crippen LogP contribution in [0.5, 0.6) is 17.2 Å². The molecule has 0 unspecified atom stereocenters. The van der Waals surface area contributed by atoms with Crippen molar-refractivity contribution in [1.82, 2.24) is 5.32 Å². The Hall–Kier alpha value is -1.68. The van der Waals surface area contributed by atoms with Crippen molar-refractivity contribution in [1.29, 1.82) is 0 Å². The summed E-state index contributed by atoms with van der Waals surface area (Å²) < 4.78 is 17.1. The lowest BCUT2D eigenvalue weighted by molar-refractivity contribution is 0.322. The molecule has 0 saturated carbocycles. The lowest BCUT2D eigenvalue weighted by Gasteiger charge is -2.10. The second-order valence-electron chi connectivity index (χ2n) is 5.12. The number of ether oxygens (including phenoxy) is 3. The topological polar surface area (TPSA) is 78.1 Å². The van der Waals surface area contributed by atoms with E-state index in [1.807, 2.05) is 42.5 Å². The summed E-state index contributed by atoms with van der Waals surface area (Å²) in [7, 11) is 3.21. The van der Waals surface area contributed by atoms with Crippen molar-refractivity contribution in [3.05, 3.63) is 52.5 Å². The lowest BCUT2D eigenvalue weighted by Crippen LogP contribution is -2.34. The summed E-state index contributed by atoms with van der Waals surface area (Å²) in [5.74, 6) is 2.54. The molecule has 26 heavy (non-hydrogen) atoms. The highest BCUT2D eigenvalue weighted by Crippen LogP contribution is 2.27. The van der Waals surface area contributed by atoms with E-state index < -0.39 is 0 Å². The van der Waals surface area contributed by atoms with Crippen LogP contribution >= 0.6 is 39.9 Å². The number of halogens is 2. The van der Waals surface area contributed by atoms with Gasteiger partial charge in [-0.3, -0.25) is 0 Å². The van der Waals surface area contributed by atoms with Crippen LogP contribution in [0.25, 0.3) is 0 Å². The summed E-state index contributed by atoms with van der Waals surface area (Å²) in [5, 5.41) is 3.02. The van der Waals surface area contributed by atoms with Crippen LogP contribution < -0.4 is 25.3 Å². The molecule has 0 heterocycles. The number of benzene rings is 2. The molecule has 3 N–H and O–H groups in total. The predicted octanol–water partition coefficient (Wildman–Crippen LogP) is 3.57. The minimum atomic E-state index is 0. The summed E-state index contributed by atoms with van der Waals surface area (Å²) in [6, 6.07) is 13.3. The quantitative estimate of drug-likeness (QED) is 0.234. The van der Waals surface area contributed by atoms with Crippen LogP contribution in [0.1, 0.15) is 5.56 Å². The molecule has 2 aromatic carbocycles. The van der Waals surface area contributed by atoms with Crippen molar-refractivity contribution >= 4 is 45.9 Å². The Labute approximate surface area is 179 Å². The molecule has 0 saturated heterocycles. The Morgan fingerprint density at radius 1 is 1.08 bits per heavy atom. The number of rotatable bonds is 8. The van der Waals surface area contributed by atoms with Crippen molar-refractivity contribution in [3.8, 4) is 17.2 Å². The maximum Gasteiger partial charge on any atom is 0.189 e. The Morgan fingerprint density at radius 2 is 1.77 bits per heavy atom. The van der Waals surface area contributed by atoms with Crippen LogP contribution in [0.3, 0.4) is 0 Å². The monoisotopic (exact) mass is 535 g/mol. The third-order valence-corrected chi connectivity index (χ3v) is 3.90. The molecular weight excluding hydrogens is 513 g/mol. The highest BCUT2D eigenvalue weighted by Gasteiger charge is 2.04. The first-order chi connectivity index (χ1) is 12.1. The first-order valence-corrected chi connectivity index (χ1v) is 8.54. The van der Waals surface area contributed by atoms with E-state index >= 15 is 0 Å². The molecule has 0 aliphatic carbocycles. The van der Waals surface area contributed by atoms with Crippen LogP contribution in [-0.4, -0.2) is 33.3 Å². The van der Waals surface area contributed by atoms with E-state index in [1.54, 1.807) is 14.2 Å². The summed E-state index contributed by atoms with van der Waals surface area (Å²) in [6.45, 7) is 1.51. The van der Waals surface area contributed by atoms with E-state index in [0.717, 1.165) is 15.8 Å². The van der Waals surface area contributed by atoms with Gasteiger partial charge < -0.3 is 25.3 Å². The van der Waals surface area contributed by atoms with Crippen LogP contribution in [0.15, 0.2) is 51.9 Å². The molecule has 0 spiro atoms. The zero-order valence-electron chi connectivity index (χ0n) is 14.7. The third-order valence-electron chi connectivity index (χ3n) is 3.37. The first-order valence-electron chi connectivity index (χ1n) is 7.75. The van der Waals surface area contributed by atoms with Gasteiger partial charge in [0.15, 0.2) is 17.5 Å². The fourth-order valence-corrected chi connectivity index (χ4v) is 2.35. The lowest BCUT2D eigenvalue weighted by atomic mass is 10.2. The van der Waals surface area contributed by atoms with Gasteiger partial charge in [-0.1, -0.05) is 22.0 Å². The zero-order valence-corrected chi connectivity index (χ0v) is 18.6. The summed E-state index contributed by atoms with van der Waals surface area (Å²) in [4.78, 5) is 4.31. The molecule has 0 aliphatic rings. The molecule has 0 fully saturated rings. The van der Waals surface area contributed by atoms with E-state index in [2.05, 4.69) is 26.2 Å². The van der Waals surface area contributed by atoms with E-state index in [0.29, 0.717) is 37.2 Å². The molecule has 142 valence electrons. The Balaban J connectivity index is 0.00000338. The molecule has 0 aliphatic heterocycles. The molecule has 6 nitrogen and oxygen atoms in total. The predicted molar refractivity (Wildman–Crippen MR) is 118 cm³/mol. The van der Waals surface area contributed by atoms with Gasteiger partial charge in [0.05, 0.1) is 27.3 Å². The van der Waals surface area contributed by atoms with E-state index in [1.165, 1.54) is 0 Å². The third kappa shape index (κ3) is 7.28. The minimum absolute atomic E-state index is 0. The van der Waals surface area contributed by atoms with Crippen LogP contribution in [0.2, 0.25) is 0 Å². The number of nitrogens with zero attached hydrogens (tertiary/aromatic N) is 1. The maximum atomic E-state index is 5.87. The second kappa shape index (κ2) is 11.8. The average Bonchev–Trinajstić information content (AvgIpc) is 2.64. The van der Waals surface area contributed by atoms with Crippen molar-refractivity contribution < 1.29 is 14.2 Å². The van der Waals surface area contributed by atoms with Gasteiger partial charge in [0.2, 0.25) is 0 Å². The van der Waals surface area contributed by atoms with Gasteiger partial charge in [-0.2, -0.15) is 0 Å². The van der Waals surface area contributed by atoms with Crippen molar-refractivity contribution in [2.24, 2.45) is 10.7 Å². The Morgan fingerprint density at radius 3 is 2.42 bits per heavy atom. The Kier molecular flexibility index (Phi) is 10.2. The molecule has 0 aromatic heterocycles. The highest BCUT2D eigenvalue weighted by molar-refractivity contribution is 14.0. The SMILES string of the molecule is COc1ccc(CN=C(N)NCCOc2ccc(Br)cc2)cc1OC.I. The number of nitrogens with two attached hydrogens (primary N) is 1. The molecular formula is C18H23BrIN3O3. The van der Waals surface area contributed by atoms with E-state index in [4.69, 9.17) is 19.9 Å². The number of nitrogens with one attached hydrogen (secondary N) is 1. The smallest absolute Gasteiger partial charge is 0.189 e. The fourth-order valence-electron chi connectivity index (χ4n) is 2.09. The minimum Gasteiger partial charge on any atom is -0.493 e. The van der Waals surface area contributed by atoms with Gasteiger partial charge in [0.25, 0.3) is 0 Å². The summed E-state index contributed by atoms with van der Waals surface area (Å²) in [6.07, 6.45) is 0. The van der Waals surface area contributed by atoms with Crippen molar-refractivity contribution in [3.63, 3.8) is 0 Å². The second-order valence-corrected chi connectivity index (χ2v) is 6.04. The number of aliphatic imine (C=N–C) groups is 1. The molecule has 8 heteroatoms. The number of methoxy groups -OCH3 is 2. The Bertz CT molecular complexity index is 711. The normalized spacial score (nSPS) is 10.7. The average molecular weight is 536 g/mol. The van der Waals surface area contributed by atoms with Gasteiger partial charge in [-0.15, -0.1) is 24.0 Å². The van der Waals surface area contributed by atoms with Gasteiger partial charge in [-0.25, -0.2) is 4.99 Å². The molecule has 0 radical (unpaired) electrons. The molecule has 0 amide bonds. The first kappa shape index (κ1) is 22.4. The van der Waals surface area contributed by atoms with Crippen molar-refractivity contribution in [2.45, 2.75) is 6.54 Å². The van der Waals surface area contributed by atoms with Crippen LogP contribution in [0, 0.1) is 0 Å².